The van der Waals surface area contributed by atoms with Gasteiger partial charge < -0.3 is 11.1 Å². The fourth-order valence-electron chi connectivity index (χ4n) is 1.86. The predicted molar refractivity (Wildman–Crippen MR) is 68.4 cm³/mol. The van der Waals surface area contributed by atoms with Crippen LogP contribution in [-0.2, 0) is 6.54 Å². The molecule has 5 nitrogen and oxygen atoms in total. The van der Waals surface area contributed by atoms with Crippen LogP contribution in [0.4, 0.5) is 5.69 Å². The first-order valence-corrected chi connectivity index (χ1v) is 6.27. The predicted octanol–water partition coefficient (Wildman–Crippen LogP) is 1.07. The van der Waals surface area contributed by atoms with E-state index in [1.54, 1.807) is 6.20 Å². The minimum absolute atomic E-state index is 0.186. The number of anilines is 1. The summed E-state index contributed by atoms with van der Waals surface area (Å²) < 4.78 is 1.34. The van der Waals surface area contributed by atoms with Crippen molar-refractivity contribution in [3.63, 3.8) is 0 Å². The summed E-state index contributed by atoms with van der Waals surface area (Å²) in [6, 6.07) is 0.186. The van der Waals surface area contributed by atoms with Gasteiger partial charge in [-0.2, -0.15) is 5.10 Å². The largest absolute Gasteiger partial charge is 0.378 e. The third-order valence-electron chi connectivity index (χ3n) is 3.07. The monoisotopic (exact) mass is 256 g/mol. The van der Waals surface area contributed by atoms with Crippen LogP contribution in [0.5, 0.6) is 0 Å². The van der Waals surface area contributed by atoms with Crippen molar-refractivity contribution in [2.45, 2.75) is 32.4 Å². The molecule has 17 heavy (non-hydrogen) atoms. The molecule has 0 spiro atoms. The van der Waals surface area contributed by atoms with Crippen molar-refractivity contribution >= 4 is 17.3 Å². The highest BCUT2D eigenvalue weighted by Crippen LogP contribution is 2.34. The van der Waals surface area contributed by atoms with Crippen LogP contribution < -0.4 is 16.6 Å². The molecular formula is C11H17ClN4O. The Hall–Kier alpha value is -1.07. The number of nitrogens with two attached hydrogens (primary N) is 1. The lowest BCUT2D eigenvalue weighted by Gasteiger charge is -2.18. The number of halogens is 1. The lowest BCUT2D eigenvalue weighted by molar-refractivity contribution is 0.610. The zero-order chi connectivity index (χ0) is 12.4. The van der Waals surface area contributed by atoms with Gasteiger partial charge in [0.15, 0.2) is 0 Å². The Kier molecular flexibility index (Phi) is 3.69. The Morgan fingerprint density at radius 3 is 2.94 bits per heavy atom. The van der Waals surface area contributed by atoms with E-state index in [2.05, 4.69) is 10.4 Å². The quantitative estimate of drug-likeness (QED) is 0.827. The second-order valence-electron chi connectivity index (χ2n) is 4.32. The van der Waals surface area contributed by atoms with E-state index in [4.69, 9.17) is 17.3 Å². The summed E-state index contributed by atoms with van der Waals surface area (Å²) in [7, 11) is 0. The maximum atomic E-state index is 11.8. The summed E-state index contributed by atoms with van der Waals surface area (Å²) in [6.45, 7) is 2.91. The summed E-state index contributed by atoms with van der Waals surface area (Å²) in [6.07, 6.45) is 3.97. The number of aryl methyl sites for hydroxylation is 1. The van der Waals surface area contributed by atoms with Crippen LogP contribution in [-0.4, -0.2) is 22.4 Å². The van der Waals surface area contributed by atoms with Crippen molar-refractivity contribution in [1.82, 2.24) is 9.78 Å². The average molecular weight is 257 g/mol. The van der Waals surface area contributed by atoms with Gasteiger partial charge >= 0.3 is 0 Å². The van der Waals surface area contributed by atoms with Crippen LogP contribution in [0.2, 0.25) is 5.02 Å². The highest BCUT2D eigenvalue weighted by Gasteiger charge is 2.30. The summed E-state index contributed by atoms with van der Waals surface area (Å²) in [5, 5.41) is 7.45. The first-order valence-electron chi connectivity index (χ1n) is 5.89. The van der Waals surface area contributed by atoms with Crippen molar-refractivity contribution in [2.24, 2.45) is 11.7 Å². The molecule has 1 aromatic rings. The van der Waals surface area contributed by atoms with Crippen LogP contribution in [0.3, 0.4) is 0 Å². The van der Waals surface area contributed by atoms with Gasteiger partial charge in [0.25, 0.3) is 5.56 Å². The van der Waals surface area contributed by atoms with Crippen LogP contribution >= 0.6 is 11.6 Å². The third-order valence-corrected chi connectivity index (χ3v) is 3.44. The SMILES string of the molecule is CCn1ncc(NC(CN)C2CC2)c(Cl)c1=O. The first-order chi connectivity index (χ1) is 8.17. The molecule has 1 aromatic heterocycles. The lowest BCUT2D eigenvalue weighted by Crippen LogP contribution is -2.32. The Bertz CT molecular complexity index is 455. The molecule has 6 heteroatoms. The van der Waals surface area contributed by atoms with Gasteiger partial charge in [0.1, 0.15) is 5.02 Å². The van der Waals surface area contributed by atoms with Crippen molar-refractivity contribution in [2.75, 3.05) is 11.9 Å². The number of hydrogen-bond acceptors (Lipinski definition) is 4. The molecule has 3 N–H and O–H groups in total. The van der Waals surface area contributed by atoms with Crippen LogP contribution in [0.25, 0.3) is 0 Å². The molecule has 1 unspecified atom stereocenters. The molecule has 1 saturated carbocycles. The molecule has 94 valence electrons. The highest BCUT2D eigenvalue weighted by atomic mass is 35.5. The van der Waals surface area contributed by atoms with Crippen molar-refractivity contribution < 1.29 is 0 Å². The van der Waals surface area contributed by atoms with E-state index in [0.29, 0.717) is 24.7 Å². The van der Waals surface area contributed by atoms with Gasteiger partial charge in [0.2, 0.25) is 0 Å². The van der Waals surface area contributed by atoms with E-state index in [1.807, 2.05) is 6.92 Å². The molecule has 0 aliphatic heterocycles. The summed E-state index contributed by atoms with van der Waals surface area (Å²) in [5.74, 6) is 0.602. The van der Waals surface area contributed by atoms with Gasteiger partial charge in [-0.1, -0.05) is 11.6 Å². The van der Waals surface area contributed by atoms with E-state index < -0.39 is 0 Å². The summed E-state index contributed by atoms with van der Waals surface area (Å²) in [4.78, 5) is 11.8. The van der Waals surface area contributed by atoms with E-state index in [1.165, 1.54) is 17.5 Å². The highest BCUT2D eigenvalue weighted by molar-refractivity contribution is 6.32. The standard InChI is InChI=1S/C11H17ClN4O/c1-2-16-11(17)10(12)9(6-14-16)15-8(5-13)7-3-4-7/h6-8,15H,2-5,13H2,1H3. The summed E-state index contributed by atoms with van der Waals surface area (Å²) >= 11 is 6.03. The number of rotatable bonds is 5. The molecule has 2 rings (SSSR count). The maximum Gasteiger partial charge on any atom is 0.287 e. The fraction of sp³-hybridized carbons (Fsp3) is 0.636. The maximum absolute atomic E-state index is 11.8. The summed E-state index contributed by atoms with van der Waals surface area (Å²) in [5.41, 5.74) is 6.02. The van der Waals surface area contributed by atoms with Crippen LogP contribution in [0, 0.1) is 5.92 Å². The Balaban J connectivity index is 2.21. The van der Waals surface area contributed by atoms with Crippen molar-refractivity contribution in [3.05, 3.63) is 21.6 Å². The topological polar surface area (TPSA) is 72.9 Å². The van der Waals surface area contributed by atoms with Gasteiger partial charge in [-0.05, 0) is 25.7 Å². The molecule has 0 aromatic carbocycles. The molecule has 0 amide bonds. The van der Waals surface area contributed by atoms with Crippen LogP contribution in [0.15, 0.2) is 11.0 Å². The second kappa shape index (κ2) is 5.06. The molecule has 0 bridgehead atoms. The Morgan fingerprint density at radius 2 is 2.41 bits per heavy atom. The third kappa shape index (κ3) is 2.61. The first kappa shape index (κ1) is 12.4. The molecule has 0 radical (unpaired) electrons. The molecule has 1 aliphatic carbocycles. The Morgan fingerprint density at radius 1 is 1.71 bits per heavy atom. The van der Waals surface area contributed by atoms with E-state index in [9.17, 15) is 4.79 Å². The minimum Gasteiger partial charge on any atom is -0.378 e. The number of hydrogen-bond donors (Lipinski definition) is 2. The molecular weight excluding hydrogens is 240 g/mol. The smallest absolute Gasteiger partial charge is 0.287 e. The zero-order valence-corrected chi connectivity index (χ0v) is 10.6. The van der Waals surface area contributed by atoms with Crippen LogP contribution in [0.1, 0.15) is 19.8 Å². The van der Waals surface area contributed by atoms with Gasteiger partial charge in [0.05, 0.1) is 11.9 Å². The van der Waals surface area contributed by atoms with E-state index in [-0.39, 0.29) is 16.6 Å². The lowest BCUT2D eigenvalue weighted by atomic mass is 10.2. The van der Waals surface area contributed by atoms with Crippen molar-refractivity contribution in [1.29, 1.82) is 0 Å². The minimum atomic E-state index is -0.259. The van der Waals surface area contributed by atoms with Crippen molar-refractivity contribution in [3.8, 4) is 0 Å². The molecule has 1 heterocycles. The fourth-order valence-corrected chi connectivity index (χ4v) is 2.06. The molecule has 1 atom stereocenters. The van der Waals surface area contributed by atoms with Gasteiger partial charge in [0, 0.05) is 19.1 Å². The molecule has 1 fully saturated rings. The Labute approximate surface area is 105 Å². The number of nitrogens with one attached hydrogen (secondary N) is 1. The molecule has 1 aliphatic rings. The van der Waals surface area contributed by atoms with Gasteiger partial charge in [-0.15, -0.1) is 0 Å². The van der Waals surface area contributed by atoms with Gasteiger partial charge in [-0.3, -0.25) is 4.79 Å². The number of nitrogens with zero attached hydrogens (tertiary/aromatic N) is 2. The molecule has 0 saturated heterocycles. The normalized spacial score (nSPS) is 16.9. The van der Waals surface area contributed by atoms with E-state index >= 15 is 0 Å². The van der Waals surface area contributed by atoms with Gasteiger partial charge in [-0.25, -0.2) is 4.68 Å². The average Bonchev–Trinajstić information content (AvgIpc) is 3.15. The zero-order valence-electron chi connectivity index (χ0n) is 9.82. The van der Waals surface area contributed by atoms with E-state index in [0.717, 1.165) is 0 Å². The second-order valence-corrected chi connectivity index (χ2v) is 4.70. The number of aromatic nitrogens is 2.